The van der Waals surface area contributed by atoms with Gasteiger partial charge in [-0.15, -0.1) is 24.0 Å². The molecule has 0 bridgehead atoms. The quantitative estimate of drug-likeness (QED) is 0.490. The number of rotatable bonds is 3. The van der Waals surface area contributed by atoms with Gasteiger partial charge in [0.1, 0.15) is 0 Å². The first-order chi connectivity index (χ1) is 9.16. The fourth-order valence-corrected chi connectivity index (χ4v) is 2.45. The van der Waals surface area contributed by atoms with Crippen LogP contribution in [-0.4, -0.2) is 30.5 Å². The van der Waals surface area contributed by atoms with Crippen molar-refractivity contribution in [2.75, 3.05) is 19.6 Å². The van der Waals surface area contributed by atoms with E-state index >= 15 is 0 Å². The van der Waals surface area contributed by atoms with Crippen molar-refractivity contribution < 1.29 is 0 Å². The van der Waals surface area contributed by atoms with Gasteiger partial charge in [0, 0.05) is 25.6 Å². The first kappa shape index (κ1) is 17.3. The second-order valence-corrected chi connectivity index (χ2v) is 5.56. The molecule has 1 saturated heterocycles. The van der Waals surface area contributed by atoms with Crippen LogP contribution in [0.1, 0.15) is 43.2 Å². The van der Waals surface area contributed by atoms with E-state index in [1.54, 1.807) is 0 Å². The number of benzene rings is 1. The highest BCUT2D eigenvalue weighted by Gasteiger charge is 2.12. The Hall–Kier alpha value is -0.780. The topological polar surface area (TPSA) is 41.6 Å². The van der Waals surface area contributed by atoms with Gasteiger partial charge in [0.05, 0.1) is 0 Å². The summed E-state index contributed by atoms with van der Waals surface area (Å²) < 4.78 is 0. The molecule has 0 aromatic heterocycles. The third-order valence-electron chi connectivity index (χ3n) is 3.85. The number of halogens is 1. The molecule has 112 valence electrons. The van der Waals surface area contributed by atoms with Gasteiger partial charge in [-0.05, 0) is 31.7 Å². The predicted octanol–water partition coefficient (Wildman–Crippen LogP) is 3.52. The Kier molecular flexibility index (Phi) is 7.34. The van der Waals surface area contributed by atoms with Crippen molar-refractivity contribution in [1.82, 2.24) is 4.90 Å². The summed E-state index contributed by atoms with van der Waals surface area (Å²) in [7, 11) is 0. The number of likely N-dealkylation sites (tertiary alicyclic amines) is 1. The molecule has 0 radical (unpaired) electrons. The van der Waals surface area contributed by atoms with Crippen LogP contribution in [0.15, 0.2) is 29.3 Å². The second-order valence-electron chi connectivity index (χ2n) is 5.56. The Morgan fingerprint density at radius 1 is 1.20 bits per heavy atom. The summed E-state index contributed by atoms with van der Waals surface area (Å²) in [6, 6.07) is 8.69. The van der Waals surface area contributed by atoms with E-state index in [4.69, 9.17) is 5.73 Å². The largest absolute Gasteiger partial charge is 0.370 e. The van der Waals surface area contributed by atoms with Gasteiger partial charge in [-0.2, -0.15) is 0 Å². The van der Waals surface area contributed by atoms with E-state index < -0.39 is 0 Å². The lowest BCUT2D eigenvalue weighted by Gasteiger charge is -2.27. The normalized spacial score (nSPS) is 17.5. The summed E-state index contributed by atoms with van der Waals surface area (Å²) in [6.07, 6.45) is 3.80. The Bertz CT molecular complexity index is 422. The van der Waals surface area contributed by atoms with E-state index in [1.165, 1.54) is 30.4 Å². The SMILES string of the molecule is Cc1ccc(C(C)CN=C(N)N2CCCCC2)cc1.I. The number of aryl methyl sites for hydroxylation is 1. The molecular weight excluding hydrogens is 361 g/mol. The van der Waals surface area contributed by atoms with E-state index in [1.807, 2.05) is 0 Å². The standard InChI is InChI=1S/C16H25N3.HI/c1-13-6-8-15(9-7-13)14(2)12-18-16(17)19-10-4-3-5-11-19;/h6-9,14H,3-5,10-12H2,1-2H3,(H2,17,18);1H. The first-order valence-electron chi connectivity index (χ1n) is 7.28. The maximum Gasteiger partial charge on any atom is 0.191 e. The minimum atomic E-state index is 0. The molecule has 0 amide bonds. The third kappa shape index (κ3) is 4.96. The number of hydrogen-bond donors (Lipinski definition) is 1. The summed E-state index contributed by atoms with van der Waals surface area (Å²) in [6.45, 7) is 7.21. The molecule has 0 saturated carbocycles. The molecular formula is C16H26IN3. The fourth-order valence-electron chi connectivity index (χ4n) is 2.45. The van der Waals surface area contributed by atoms with Crippen molar-refractivity contribution in [1.29, 1.82) is 0 Å². The number of hydrogen-bond acceptors (Lipinski definition) is 1. The van der Waals surface area contributed by atoms with Gasteiger partial charge in [0.25, 0.3) is 0 Å². The van der Waals surface area contributed by atoms with Crippen molar-refractivity contribution in [3.8, 4) is 0 Å². The van der Waals surface area contributed by atoms with Crippen LogP contribution in [0.25, 0.3) is 0 Å². The van der Waals surface area contributed by atoms with Crippen LogP contribution in [-0.2, 0) is 0 Å². The molecule has 2 N–H and O–H groups in total. The highest BCUT2D eigenvalue weighted by Crippen LogP contribution is 2.16. The van der Waals surface area contributed by atoms with Gasteiger partial charge in [0.15, 0.2) is 5.96 Å². The van der Waals surface area contributed by atoms with Gasteiger partial charge in [-0.25, -0.2) is 0 Å². The number of nitrogens with two attached hydrogens (primary N) is 1. The zero-order valence-corrected chi connectivity index (χ0v) is 14.8. The molecule has 1 aliphatic rings. The lowest BCUT2D eigenvalue weighted by molar-refractivity contribution is 0.338. The minimum absolute atomic E-state index is 0. The van der Waals surface area contributed by atoms with Crippen molar-refractivity contribution >= 4 is 29.9 Å². The Morgan fingerprint density at radius 2 is 1.80 bits per heavy atom. The number of guanidine groups is 1. The molecule has 1 fully saturated rings. The molecule has 1 aliphatic heterocycles. The van der Waals surface area contributed by atoms with Crippen LogP contribution in [0.3, 0.4) is 0 Å². The average Bonchev–Trinajstić information content (AvgIpc) is 2.46. The van der Waals surface area contributed by atoms with Gasteiger partial charge in [-0.3, -0.25) is 4.99 Å². The molecule has 1 aromatic carbocycles. The third-order valence-corrected chi connectivity index (χ3v) is 3.85. The molecule has 1 atom stereocenters. The van der Waals surface area contributed by atoms with Crippen LogP contribution >= 0.6 is 24.0 Å². The summed E-state index contributed by atoms with van der Waals surface area (Å²) in [5, 5.41) is 0. The zero-order chi connectivity index (χ0) is 13.7. The number of nitrogens with zero attached hydrogens (tertiary/aromatic N) is 2. The molecule has 0 aliphatic carbocycles. The number of aliphatic imine (C=N–C) groups is 1. The van der Waals surface area contributed by atoms with Crippen molar-refractivity contribution in [3.05, 3.63) is 35.4 Å². The maximum atomic E-state index is 6.07. The van der Waals surface area contributed by atoms with Crippen LogP contribution in [0.5, 0.6) is 0 Å². The Balaban J connectivity index is 0.00000200. The molecule has 1 aromatic rings. The molecule has 0 spiro atoms. The molecule has 1 heterocycles. The van der Waals surface area contributed by atoms with Crippen LogP contribution in [0, 0.1) is 6.92 Å². The lowest BCUT2D eigenvalue weighted by Crippen LogP contribution is -2.41. The van der Waals surface area contributed by atoms with Gasteiger partial charge >= 0.3 is 0 Å². The number of piperidine rings is 1. The average molecular weight is 387 g/mol. The zero-order valence-electron chi connectivity index (χ0n) is 12.5. The summed E-state index contributed by atoms with van der Waals surface area (Å²) in [5.41, 5.74) is 8.71. The monoisotopic (exact) mass is 387 g/mol. The molecule has 1 unspecified atom stereocenters. The highest BCUT2D eigenvalue weighted by atomic mass is 127. The Morgan fingerprint density at radius 3 is 2.40 bits per heavy atom. The van der Waals surface area contributed by atoms with E-state index in [0.29, 0.717) is 5.92 Å². The van der Waals surface area contributed by atoms with E-state index in [9.17, 15) is 0 Å². The van der Waals surface area contributed by atoms with Crippen molar-refractivity contribution in [2.24, 2.45) is 10.7 Å². The molecule has 3 nitrogen and oxygen atoms in total. The summed E-state index contributed by atoms with van der Waals surface area (Å²) >= 11 is 0. The predicted molar refractivity (Wildman–Crippen MR) is 96.9 cm³/mol. The van der Waals surface area contributed by atoms with Gasteiger partial charge in [0.2, 0.25) is 0 Å². The second kappa shape index (κ2) is 8.49. The lowest BCUT2D eigenvalue weighted by atomic mass is 10.0. The minimum Gasteiger partial charge on any atom is -0.370 e. The molecule has 20 heavy (non-hydrogen) atoms. The molecule has 4 heteroatoms. The van der Waals surface area contributed by atoms with Gasteiger partial charge in [-0.1, -0.05) is 36.8 Å². The molecule has 2 rings (SSSR count). The van der Waals surface area contributed by atoms with E-state index in [2.05, 4.69) is 48.0 Å². The summed E-state index contributed by atoms with van der Waals surface area (Å²) in [5.74, 6) is 1.14. The fraction of sp³-hybridized carbons (Fsp3) is 0.562. The summed E-state index contributed by atoms with van der Waals surface area (Å²) in [4.78, 5) is 6.78. The highest BCUT2D eigenvalue weighted by molar-refractivity contribution is 14.0. The first-order valence-corrected chi connectivity index (χ1v) is 7.28. The van der Waals surface area contributed by atoms with E-state index in [-0.39, 0.29) is 24.0 Å². The smallest absolute Gasteiger partial charge is 0.191 e. The van der Waals surface area contributed by atoms with Crippen LogP contribution < -0.4 is 5.73 Å². The van der Waals surface area contributed by atoms with Crippen molar-refractivity contribution in [3.63, 3.8) is 0 Å². The van der Waals surface area contributed by atoms with Gasteiger partial charge < -0.3 is 10.6 Å². The van der Waals surface area contributed by atoms with Crippen molar-refractivity contribution in [2.45, 2.75) is 39.0 Å². The maximum absolute atomic E-state index is 6.07. The Labute approximate surface area is 139 Å². The van der Waals surface area contributed by atoms with Crippen LogP contribution in [0.2, 0.25) is 0 Å². The van der Waals surface area contributed by atoms with E-state index in [0.717, 1.165) is 25.6 Å². The van der Waals surface area contributed by atoms with Crippen LogP contribution in [0.4, 0.5) is 0 Å².